The van der Waals surface area contributed by atoms with E-state index in [0.717, 1.165) is 51.4 Å². The van der Waals surface area contributed by atoms with E-state index in [4.69, 9.17) is 4.74 Å². The average molecular weight is 465 g/mol. The first-order valence-electron chi connectivity index (χ1n) is 11.5. The van der Waals surface area contributed by atoms with Crippen LogP contribution >= 0.6 is 0 Å². The maximum absolute atomic E-state index is 12.8. The van der Waals surface area contributed by atoms with E-state index in [0.29, 0.717) is 0 Å². The van der Waals surface area contributed by atoms with Gasteiger partial charge in [0, 0.05) is 0 Å². The second-order valence-electron chi connectivity index (χ2n) is 10.1. The minimum absolute atomic E-state index is 0.0409. The molecule has 0 spiro atoms. The zero-order valence-corrected chi connectivity index (χ0v) is 20.8. The molecule has 0 bridgehead atoms. The highest BCUT2D eigenvalue weighted by atomic mass is 32.2. The van der Waals surface area contributed by atoms with Crippen LogP contribution in [0.4, 0.5) is 0 Å². The Hall–Kier alpha value is -2.50. The van der Waals surface area contributed by atoms with Gasteiger partial charge in [-0.1, -0.05) is 54.6 Å². The van der Waals surface area contributed by atoms with Gasteiger partial charge >= 0.3 is 0 Å². The van der Waals surface area contributed by atoms with Crippen molar-refractivity contribution < 1.29 is 17.9 Å². The molecular weight excluding hydrogens is 432 g/mol. The van der Waals surface area contributed by atoms with Crippen LogP contribution in [0.25, 0.3) is 21.9 Å². The molecule has 0 N–H and O–H groups in total. The molecule has 174 valence electrons. The highest BCUT2D eigenvalue weighted by Crippen LogP contribution is 2.41. The molecule has 0 unspecified atom stereocenters. The van der Waals surface area contributed by atoms with Crippen LogP contribution < -0.4 is 0 Å². The maximum atomic E-state index is 12.8. The van der Waals surface area contributed by atoms with Gasteiger partial charge in [-0.25, -0.2) is 8.42 Å². The number of hydrogen-bond acceptors (Lipinski definition) is 4. The van der Waals surface area contributed by atoms with Gasteiger partial charge in [0.05, 0.1) is 16.6 Å². The van der Waals surface area contributed by atoms with Gasteiger partial charge in [0.25, 0.3) is 0 Å². The molecule has 0 radical (unpaired) electrons. The third-order valence-electron chi connectivity index (χ3n) is 6.01. The summed E-state index contributed by atoms with van der Waals surface area (Å²) in [5, 5.41) is 1.89. The van der Waals surface area contributed by atoms with Crippen molar-refractivity contribution in [1.29, 1.82) is 0 Å². The topological polar surface area (TPSA) is 60.4 Å². The molecule has 4 rings (SSSR count). The summed E-state index contributed by atoms with van der Waals surface area (Å²) >= 11 is 0. The van der Waals surface area contributed by atoms with Crippen molar-refractivity contribution in [3.05, 3.63) is 71.3 Å². The molecule has 33 heavy (non-hydrogen) atoms. The summed E-state index contributed by atoms with van der Waals surface area (Å²) in [6.45, 7) is 9.41. The van der Waals surface area contributed by atoms with E-state index in [1.54, 1.807) is 6.92 Å². The molecule has 0 aliphatic heterocycles. The Kier molecular flexibility index (Phi) is 6.23. The molecule has 1 aliphatic rings. The highest BCUT2D eigenvalue weighted by molar-refractivity contribution is 7.91. The summed E-state index contributed by atoms with van der Waals surface area (Å²) in [5.74, 6) is -0.0174. The minimum atomic E-state index is -3.13. The monoisotopic (exact) mass is 464 g/mol. The number of Topliss-reactive ketones (excluding diaryl/α,β-unsaturated/α-hetero) is 1. The second kappa shape index (κ2) is 8.69. The summed E-state index contributed by atoms with van der Waals surface area (Å²) in [7, 11) is -3.13. The van der Waals surface area contributed by atoms with Gasteiger partial charge in [-0.15, -0.1) is 0 Å². The van der Waals surface area contributed by atoms with Crippen LogP contribution in [0.1, 0.15) is 63.3 Å². The van der Waals surface area contributed by atoms with E-state index in [1.165, 1.54) is 0 Å². The molecule has 5 heteroatoms. The number of rotatable bonds is 7. The summed E-state index contributed by atoms with van der Waals surface area (Å²) in [6, 6.07) is 17.9. The normalized spacial score (nSPS) is 15.5. The zero-order valence-electron chi connectivity index (χ0n) is 20.0. The van der Waals surface area contributed by atoms with Crippen molar-refractivity contribution in [3.8, 4) is 11.1 Å². The number of benzene rings is 3. The van der Waals surface area contributed by atoms with Crippen molar-refractivity contribution in [2.24, 2.45) is 0 Å². The predicted octanol–water partition coefficient (Wildman–Crippen LogP) is 6.34. The van der Waals surface area contributed by atoms with E-state index >= 15 is 0 Å². The summed E-state index contributed by atoms with van der Waals surface area (Å²) in [6.07, 6.45) is 0.807. The number of carbonyl (C=O) groups excluding carboxylic acids is 1. The molecule has 1 fully saturated rings. The molecule has 0 saturated heterocycles. The van der Waals surface area contributed by atoms with Crippen LogP contribution in [0, 0.1) is 6.92 Å². The molecule has 3 aromatic rings. The van der Waals surface area contributed by atoms with Crippen LogP contribution in [-0.4, -0.2) is 25.1 Å². The summed E-state index contributed by atoms with van der Waals surface area (Å²) < 4.78 is 31.5. The van der Waals surface area contributed by atoms with Gasteiger partial charge in [-0.2, -0.15) is 0 Å². The van der Waals surface area contributed by atoms with E-state index in [1.807, 2.05) is 64.1 Å². The number of fused-ring (bicyclic) bond motifs is 1. The quantitative estimate of drug-likeness (QED) is 0.409. The lowest BCUT2D eigenvalue weighted by Gasteiger charge is -2.29. The van der Waals surface area contributed by atoms with E-state index in [2.05, 4.69) is 18.2 Å². The fourth-order valence-electron chi connectivity index (χ4n) is 4.45. The average Bonchev–Trinajstić information content (AvgIpc) is 3.56. The summed E-state index contributed by atoms with van der Waals surface area (Å²) in [5.41, 5.74) is 3.92. The molecule has 1 saturated carbocycles. The molecule has 0 amide bonds. The molecule has 0 aromatic heterocycles. The Morgan fingerprint density at radius 3 is 2.39 bits per heavy atom. The van der Waals surface area contributed by atoms with E-state index < -0.39 is 21.5 Å². The van der Waals surface area contributed by atoms with Gasteiger partial charge in [0.1, 0.15) is 6.10 Å². The van der Waals surface area contributed by atoms with E-state index in [-0.39, 0.29) is 16.8 Å². The van der Waals surface area contributed by atoms with Crippen molar-refractivity contribution >= 4 is 26.4 Å². The van der Waals surface area contributed by atoms with Crippen LogP contribution in [0.2, 0.25) is 0 Å². The lowest BCUT2D eigenvalue weighted by atomic mass is 9.86. The number of carbonyl (C=O) groups is 1. The van der Waals surface area contributed by atoms with Crippen LogP contribution in [0.3, 0.4) is 0 Å². The Balaban J connectivity index is 1.93. The number of hydrogen-bond donors (Lipinski definition) is 0. The molecular formula is C28H32O4S. The zero-order chi connectivity index (χ0) is 24.0. The summed E-state index contributed by atoms with van der Waals surface area (Å²) in [4.78, 5) is 12.8. The Labute approximate surface area is 196 Å². The van der Waals surface area contributed by atoms with Crippen molar-refractivity contribution in [2.75, 3.05) is 0 Å². The number of ether oxygens (including phenoxy) is 1. The fourth-order valence-corrected chi connectivity index (χ4v) is 6.18. The highest BCUT2D eigenvalue weighted by Gasteiger charge is 2.35. The Morgan fingerprint density at radius 2 is 1.76 bits per heavy atom. The first kappa shape index (κ1) is 23.7. The third kappa shape index (κ3) is 5.20. The molecule has 1 aliphatic carbocycles. The molecule has 0 heterocycles. The molecule has 3 aromatic carbocycles. The predicted molar refractivity (Wildman–Crippen MR) is 134 cm³/mol. The minimum Gasteiger partial charge on any atom is -0.360 e. The lowest BCUT2D eigenvalue weighted by Crippen LogP contribution is -2.27. The van der Waals surface area contributed by atoms with Gasteiger partial charge in [0.2, 0.25) is 0 Å². The molecule has 4 nitrogen and oxygen atoms in total. The third-order valence-corrected chi connectivity index (χ3v) is 8.24. The standard InChI is InChI=1S/C28H32O4S/c1-18-15-21-10-6-7-12-24(21)26(25(18)27(19(2)29)32-28(3,4)5)22-11-8-9-20(16-22)17-33(30,31)23-13-14-23/h6-12,15-16,23,27H,13-14,17H2,1-5H3/t27-/m1/s1. The Morgan fingerprint density at radius 1 is 1.06 bits per heavy atom. The maximum Gasteiger partial charge on any atom is 0.163 e. The second-order valence-corrected chi connectivity index (χ2v) is 12.4. The van der Waals surface area contributed by atoms with Gasteiger partial charge in [0.15, 0.2) is 15.6 Å². The number of aryl methyl sites for hydroxylation is 1. The number of ketones is 1. The van der Waals surface area contributed by atoms with E-state index in [9.17, 15) is 13.2 Å². The van der Waals surface area contributed by atoms with Gasteiger partial charge in [-0.05, 0) is 86.1 Å². The van der Waals surface area contributed by atoms with Crippen LogP contribution in [0.15, 0.2) is 54.6 Å². The first-order valence-corrected chi connectivity index (χ1v) is 13.2. The van der Waals surface area contributed by atoms with Crippen molar-refractivity contribution in [3.63, 3.8) is 0 Å². The largest absolute Gasteiger partial charge is 0.360 e. The van der Waals surface area contributed by atoms with Crippen molar-refractivity contribution in [1.82, 2.24) is 0 Å². The number of sulfone groups is 1. The van der Waals surface area contributed by atoms with Gasteiger partial charge in [-0.3, -0.25) is 4.79 Å². The van der Waals surface area contributed by atoms with Crippen LogP contribution in [-0.2, 0) is 25.1 Å². The first-order chi connectivity index (χ1) is 15.5. The van der Waals surface area contributed by atoms with Gasteiger partial charge < -0.3 is 4.74 Å². The smallest absolute Gasteiger partial charge is 0.163 e. The van der Waals surface area contributed by atoms with Crippen molar-refractivity contribution in [2.45, 2.75) is 70.2 Å². The fraction of sp³-hybridized carbons (Fsp3) is 0.393. The molecule has 1 atom stereocenters. The SMILES string of the molecule is CC(=O)[C@@H](OC(C)(C)C)c1c(C)cc2ccccc2c1-c1cccc(CS(=O)(=O)C2CC2)c1. The Bertz CT molecular complexity index is 1310. The lowest BCUT2D eigenvalue weighted by molar-refractivity contribution is -0.138. The van der Waals surface area contributed by atoms with Crippen LogP contribution in [0.5, 0.6) is 0 Å².